The van der Waals surface area contributed by atoms with Gasteiger partial charge in [-0.05, 0) is 25.0 Å². The average molecular weight is 236 g/mol. The molecule has 0 atom stereocenters. The Morgan fingerprint density at radius 3 is 3.00 bits per heavy atom. The SMILES string of the molecule is NNc1ccnc(C(=O)N(CCO)C2CC2)c1. The molecule has 0 aromatic carbocycles. The van der Waals surface area contributed by atoms with Crippen LogP contribution in [0.2, 0.25) is 0 Å². The van der Waals surface area contributed by atoms with E-state index in [1.807, 2.05) is 0 Å². The number of aromatic nitrogens is 1. The highest BCUT2D eigenvalue weighted by Gasteiger charge is 2.33. The van der Waals surface area contributed by atoms with Crippen LogP contribution in [0.25, 0.3) is 0 Å². The molecule has 0 unspecified atom stereocenters. The Bertz CT molecular complexity index is 406. The maximum atomic E-state index is 12.2. The van der Waals surface area contributed by atoms with E-state index < -0.39 is 0 Å². The van der Waals surface area contributed by atoms with Gasteiger partial charge in [-0.1, -0.05) is 0 Å². The number of aliphatic hydroxyl groups excluding tert-OH is 1. The molecule has 1 aromatic rings. The molecule has 1 heterocycles. The van der Waals surface area contributed by atoms with Crippen molar-refractivity contribution in [2.24, 2.45) is 5.84 Å². The number of aliphatic hydroxyl groups is 1. The Labute approximate surface area is 99.4 Å². The zero-order valence-electron chi connectivity index (χ0n) is 9.47. The molecule has 1 aromatic heterocycles. The van der Waals surface area contributed by atoms with Crippen molar-refractivity contribution in [2.45, 2.75) is 18.9 Å². The van der Waals surface area contributed by atoms with Crippen molar-refractivity contribution in [1.82, 2.24) is 9.88 Å². The van der Waals surface area contributed by atoms with E-state index in [2.05, 4.69) is 10.4 Å². The first kappa shape index (κ1) is 11.8. The smallest absolute Gasteiger partial charge is 0.272 e. The number of hydrogen-bond donors (Lipinski definition) is 3. The van der Waals surface area contributed by atoms with E-state index >= 15 is 0 Å². The minimum absolute atomic E-state index is 0.0307. The van der Waals surface area contributed by atoms with E-state index in [4.69, 9.17) is 10.9 Å². The number of anilines is 1. The molecule has 1 amide bonds. The minimum atomic E-state index is -0.154. The molecule has 17 heavy (non-hydrogen) atoms. The average Bonchev–Trinajstić information content (AvgIpc) is 3.19. The van der Waals surface area contributed by atoms with Crippen LogP contribution in [0, 0.1) is 0 Å². The quantitative estimate of drug-likeness (QED) is 0.493. The summed E-state index contributed by atoms with van der Waals surface area (Å²) in [6.45, 7) is 0.322. The number of nitrogen functional groups attached to an aromatic ring is 1. The zero-order chi connectivity index (χ0) is 12.3. The summed E-state index contributed by atoms with van der Waals surface area (Å²) in [4.78, 5) is 17.9. The largest absolute Gasteiger partial charge is 0.395 e. The van der Waals surface area contributed by atoms with Gasteiger partial charge in [-0.15, -0.1) is 0 Å². The highest BCUT2D eigenvalue weighted by atomic mass is 16.3. The normalized spacial score (nSPS) is 14.5. The Kier molecular flexibility index (Phi) is 3.55. The fraction of sp³-hybridized carbons (Fsp3) is 0.455. The summed E-state index contributed by atoms with van der Waals surface area (Å²) in [5.74, 6) is 5.13. The Balaban J connectivity index is 2.15. The van der Waals surface area contributed by atoms with Gasteiger partial charge in [-0.2, -0.15) is 0 Å². The molecule has 0 spiro atoms. The number of pyridine rings is 1. The van der Waals surface area contributed by atoms with Crippen LogP contribution in [-0.2, 0) is 0 Å². The van der Waals surface area contributed by atoms with Crippen LogP contribution in [0.4, 0.5) is 5.69 Å². The molecule has 2 rings (SSSR count). The maximum Gasteiger partial charge on any atom is 0.272 e. The van der Waals surface area contributed by atoms with Crippen molar-refractivity contribution in [3.63, 3.8) is 0 Å². The van der Waals surface area contributed by atoms with Crippen LogP contribution < -0.4 is 11.3 Å². The number of hydrazine groups is 1. The van der Waals surface area contributed by atoms with Gasteiger partial charge in [0.1, 0.15) is 5.69 Å². The summed E-state index contributed by atoms with van der Waals surface area (Å²) in [6, 6.07) is 3.55. The fourth-order valence-corrected chi connectivity index (χ4v) is 1.73. The van der Waals surface area contributed by atoms with E-state index in [-0.39, 0.29) is 18.6 Å². The van der Waals surface area contributed by atoms with Crippen LogP contribution >= 0.6 is 0 Å². The molecular formula is C11H16N4O2. The van der Waals surface area contributed by atoms with Gasteiger partial charge in [0.15, 0.2) is 0 Å². The number of rotatable bonds is 5. The maximum absolute atomic E-state index is 12.2. The molecule has 4 N–H and O–H groups in total. The molecule has 1 aliphatic carbocycles. The van der Waals surface area contributed by atoms with Gasteiger partial charge < -0.3 is 15.4 Å². The lowest BCUT2D eigenvalue weighted by atomic mass is 10.2. The Morgan fingerprint density at radius 2 is 2.41 bits per heavy atom. The van der Waals surface area contributed by atoms with Crippen molar-refractivity contribution in [2.75, 3.05) is 18.6 Å². The molecule has 1 aliphatic rings. The van der Waals surface area contributed by atoms with Crippen molar-refractivity contribution < 1.29 is 9.90 Å². The molecule has 0 bridgehead atoms. The van der Waals surface area contributed by atoms with E-state index in [1.165, 1.54) is 6.20 Å². The number of amides is 1. The fourth-order valence-electron chi connectivity index (χ4n) is 1.73. The van der Waals surface area contributed by atoms with Gasteiger partial charge >= 0.3 is 0 Å². The summed E-state index contributed by atoms with van der Waals surface area (Å²) in [6.07, 6.45) is 3.54. The van der Waals surface area contributed by atoms with Gasteiger partial charge in [0.2, 0.25) is 0 Å². The highest BCUT2D eigenvalue weighted by Crippen LogP contribution is 2.27. The van der Waals surface area contributed by atoms with E-state index in [1.54, 1.807) is 17.0 Å². The number of carbonyl (C=O) groups excluding carboxylic acids is 1. The van der Waals surface area contributed by atoms with E-state index in [0.717, 1.165) is 12.8 Å². The van der Waals surface area contributed by atoms with E-state index in [0.29, 0.717) is 17.9 Å². The second kappa shape index (κ2) is 5.11. The van der Waals surface area contributed by atoms with Crippen LogP contribution in [-0.4, -0.2) is 40.1 Å². The highest BCUT2D eigenvalue weighted by molar-refractivity contribution is 5.93. The number of carbonyl (C=O) groups is 1. The summed E-state index contributed by atoms with van der Waals surface area (Å²) >= 11 is 0. The van der Waals surface area contributed by atoms with Crippen molar-refractivity contribution in [3.8, 4) is 0 Å². The summed E-state index contributed by atoms with van der Waals surface area (Å²) in [5, 5.41) is 8.96. The standard InChI is InChI=1S/C11H16N4O2/c12-14-8-3-4-13-10(7-8)11(17)15(5-6-16)9-1-2-9/h3-4,7,9,16H,1-2,5-6,12H2,(H,13,14). The predicted molar refractivity (Wildman–Crippen MR) is 63.2 cm³/mol. The lowest BCUT2D eigenvalue weighted by Gasteiger charge is -2.20. The third-order valence-electron chi connectivity index (χ3n) is 2.74. The predicted octanol–water partition coefficient (Wildman–Crippen LogP) is -0.0359. The molecule has 0 saturated heterocycles. The molecule has 0 radical (unpaired) electrons. The first-order chi connectivity index (χ1) is 8.26. The summed E-state index contributed by atoms with van der Waals surface area (Å²) < 4.78 is 0. The topological polar surface area (TPSA) is 91.5 Å². The molecule has 0 aliphatic heterocycles. The number of nitrogens with one attached hydrogen (secondary N) is 1. The van der Waals surface area contributed by atoms with Crippen LogP contribution in [0.3, 0.4) is 0 Å². The number of nitrogens with two attached hydrogens (primary N) is 1. The van der Waals surface area contributed by atoms with E-state index in [9.17, 15) is 4.79 Å². The third-order valence-corrected chi connectivity index (χ3v) is 2.74. The zero-order valence-corrected chi connectivity index (χ0v) is 9.47. The monoisotopic (exact) mass is 236 g/mol. The Hall–Kier alpha value is -1.66. The third kappa shape index (κ3) is 2.72. The van der Waals surface area contributed by atoms with Crippen molar-refractivity contribution in [3.05, 3.63) is 24.0 Å². The van der Waals surface area contributed by atoms with Gasteiger partial charge in [0, 0.05) is 18.8 Å². The molecular weight excluding hydrogens is 220 g/mol. The summed E-state index contributed by atoms with van der Waals surface area (Å²) in [5.41, 5.74) is 3.47. The molecule has 1 fully saturated rings. The molecule has 6 nitrogen and oxygen atoms in total. The lowest BCUT2D eigenvalue weighted by molar-refractivity contribution is 0.0702. The van der Waals surface area contributed by atoms with Crippen molar-refractivity contribution in [1.29, 1.82) is 0 Å². The van der Waals surface area contributed by atoms with Crippen LogP contribution in [0.5, 0.6) is 0 Å². The number of nitrogens with zero attached hydrogens (tertiary/aromatic N) is 2. The number of hydrogen-bond acceptors (Lipinski definition) is 5. The second-order valence-electron chi connectivity index (χ2n) is 4.03. The lowest BCUT2D eigenvalue weighted by Crippen LogP contribution is -2.36. The van der Waals surface area contributed by atoms with Gasteiger partial charge in [-0.25, -0.2) is 0 Å². The molecule has 1 saturated carbocycles. The molecule has 6 heteroatoms. The van der Waals surface area contributed by atoms with Gasteiger partial charge in [-0.3, -0.25) is 15.6 Å². The first-order valence-corrected chi connectivity index (χ1v) is 5.60. The van der Waals surface area contributed by atoms with Gasteiger partial charge in [0.05, 0.1) is 12.3 Å². The Morgan fingerprint density at radius 1 is 1.65 bits per heavy atom. The summed E-state index contributed by atoms with van der Waals surface area (Å²) in [7, 11) is 0. The van der Waals surface area contributed by atoms with Gasteiger partial charge in [0.25, 0.3) is 5.91 Å². The molecule has 92 valence electrons. The minimum Gasteiger partial charge on any atom is -0.395 e. The first-order valence-electron chi connectivity index (χ1n) is 5.60. The van der Waals surface area contributed by atoms with Crippen molar-refractivity contribution >= 4 is 11.6 Å². The second-order valence-corrected chi connectivity index (χ2v) is 4.03. The van der Waals surface area contributed by atoms with Crippen LogP contribution in [0.15, 0.2) is 18.3 Å². The van der Waals surface area contributed by atoms with Crippen LogP contribution in [0.1, 0.15) is 23.3 Å².